The van der Waals surface area contributed by atoms with Crippen LogP contribution in [0.3, 0.4) is 0 Å². The average Bonchev–Trinajstić information content (AvgIpc) is 2.77. The van der Waals surface area contributed by atoms with Gasteiger partial charge in [0.2, 0.25) is 0 Å². The second-order valence-corrected chi connectivity index (χ2v) is 7.53. The largest absolute Gasteiger partial charge is 0.478 e. The first-order valence-corrected chi connectivity index (χ1v) is 10.4. The normalized spacial score (nSPS) is 11.9. The van der Waals surface area contributed by atoms with Crippen molar-refractivity contribution in [2.24, 2.45) is 0 Å². The van der Waals surface area contributed by atoms with Crippen LogP contribution in [-0.4, -0.2) is 35.2 Å². The maximum absolute atomic E-state index is 12.1. The molecule has 6 nitrogen and oxygen atoms in total. The number of fused-ring (bicyclic) bond motifs is 2. The predicted molar refractivity (Wildman–Crippen MR) is 123 cm³/mol. The summed E-state index contributed by atoms with van der Waals surface area (Å²) in [6, 6.07) is 15.5. The smallest absolute Gasteiger partial charge is 0.336 e. The molecule has 3 aromatic carbocycles. The zero-order valence-electron chi connectivity index (χ0n) is 17.9. The molecule has 1 aliphatic heterocycles. The lowest BCUT2D eigenvalue weighted by molar-refractivity contribution is 0.0695. The van der Waals surface area contributed by atoms with Gasteiger partial charge in [0.1, 0.15) is 11.5 Å². The standard InChI is InChI=1S/C26H23NO5/c1-4-27(5-2)17-8-11-20-23(14-17)32-22-12-15(3)6-9-19(22)24(20)18-10-7-16(25(28)29)13-21(18)26(30)31/h6-14H,3-5H2,1-2H3,(H,28,29)(H,30,31). The molecule has 0 amide bonds. The third kappa shape index (κ3) is 3.60. The maximum Gasteiger partial charge on any atom is 0.336 e. The summed E-state index contributed by atoms with van der Waals surface area (Å²) in [6.07, 6.45) is 0. The van der Waals surface area contributed by atoms with Crippen LogP contribution in [-0.2, 0) is 0 Å². The van der Waals surface area contributed by atoms with Crippen LogP contribution in [0.5, 0.6) is 11.5 Å². The monoisotopic (exact) mass is 429 g/mol. The Labute approximate surface area is 185 Å². The van der Waals surface area contributed by atoms with E-state index in [1.165, 1.54) is 12.1 Å². The number of hydrogen-bond acceptors (Lipinski definition) is 4. The molecule has 2 N–H and O–H groups in total. The number of nitrogens with zero attached hydrogens (tertiary/aromatic N) is 1. The van der Waals surface area contributed by atoms with Gasteiger partial charge in [0, 0.05) is 41.2 Å². The summed E-state index contributed by atoms with van der Waals surface area (Å²) in [6.45, 7) is 9.81. The van der Waals surface area contributed by atoms with Crippen LogP contribution in [0.2, 0.25) is 0 Å². The predicted octanol–water partition coefficient (Wildman–Crippen LogP) is 3.69. The number of carbonyl (C=O) groups is 2. The molecule has 4 rings (SSSR count). The fourth-order valence-electron chi connectivity index (χ4n) is 4.07. The first kappa shape index (κ1) is 21.2. The third-order valence-electron chi connectivity index (χ3n) is 5.66. The van der Waals surface area contributed by atoms with Crippen molar-refractivity contribution in [3.63, 3.8) is 0 Å². The SMILES string of the molecule is C=c1ccc2c(c1)Oc1cc(N(CC)CC)ccc1C=2c1ccc(C(=O)O)cc1C(=O)O. The average molecular weight is 429 g/mol. The Bertz CT molecular complexity index is 1360. The Morgan fingerprint density at radius 1 is 0.875 bits per heavy atom. The zero-order chi connectivity index (χ0) is 23.0. The molecule has 0 fully saturated rings. The van der Waals surface area contributed by atoms with E-state index in [0.717, 1.165) is 34.8 Å². The molecule has 0 bridgehead atoms. The van der Waals surface area contributed by atoms with Crippen LogP contribution in [0.4, 0.5) is 5.69 Å². The highest BCUT2D eigenvalue weighted by Gasteiger charge is 2.25. The number of rotatable bonds is 6. The lowest BCUT2D eigenvalue weighted by Crippen LogP contribution is -2.23. The third-order valence-corrected chi connectivity index (χ3v) is 5.66. The maximum atomic E-state index is 12.1. The van der Waals surface area contributed by atoms with Crippen molar-refractivity contribution >= 4 is 29.8 Å². The van der Waals surface area contributed by atoms with Crippen LogP contribution in [0.25, 0.3) is 12.2 Å². The van der Waals surface area contributed by atoms with Gasteiger partial charge in [0.25, 0.3) is 0 Å². The van der Waals surface area contributed by atoms with Gasteiger partial charge in [-0.1, -0.05) is 24.8 Å². The van der Waals surface area contributed by atoms with Gasteiger partial charge in [-0.25, -0.2) is 9.59 Å². The van der Waals surface area contributed by atoms with Crippen molar-refractivity contribution in [2.45, 2.75) is 13.8 Å². The van der Waals surface area contributed by atoms with E-state index in [0.29, 0.717) is 22.6 Å². The fourth-order valence-corrected chi connectivity index (χ4v) is 4.07. The van der Waals surface area contributed by atoms with Gasteiger partial charge < -0.3 is 19.8 Å². The molecular weight excluding hydrogens is 406 g/mol. The lowest BCUT2D eigenvalue weighted by atomic mass is 9.88. The van der Waals surface area contributed by atoms with Gasteiger partial charge in [-0.3, -0.25) is 0 Å². The quantitative estimate of drug-likeness (QED) is 0.486. The summed E-state index contributed by atoms with van der Waals surface area (Å²) in [4.78, 5) is 25.7. The minimum atomic E-state index is -1.20. The van der Waals surface area contributed by atoms with E-state index < -0.39 is 11.9 Å². The second kappa shape index (κ2) is 8.23. The number of ether oxygens (including phenoxy) is 1. The molecular formula is C26H23NO5. The molecule has 32 heavy (non-hydrogen) atoms. The van der Waals surface area contributed by atoms with Gasteiger partial charge in [-0.2, -0.15) is 0 Å². The molecule has 0 unspecified atom stereocenters. The summed E-state index contributed by atoms with van der Waals surface area (Å²) in [5.74, 6) is -1.18. The number of carboxylic acids is 2. The lowest BCUT2D eigenvalue weighted by Gasteiger charge is -2.26. The highest BCUT2D eigenvalue weighted by Crippen LogP contribution is 2.39. The molecule has 6 heteroatoms. The summed E-state index contributed by atoms with van der Waals surface area (Å²) >= 11 is 0. The highest BCUT2D eigenvalue weighted by atomic mass is 16.5. The van der Waals surface area contributed by atoms with Crippen LogP contribution >= 0.6 is 0 Å². The molecule has 0 spiro atoms. The van der Waals surface area contributed by atoms with Gasteiger partial charge in [0.05, 0.1) is 11.1 Å². The van der Waals surface area contributed by atoms with Crippen molar-refractivity contribution in [1.29, 1.82) is 0 Å². The number of carboxylic acid groups (broad SMARTS) is 2. The molecule has 0 saturated carbocycles. The van der Waals surface area contributed by atoms with Crippen LogP contribution in [0, 0.1) is 0 Å². The number of anilines is 1. The Hall–Kier alpha value is -4.06. The zero-order valence-corrected chi connectivity index (χ0v) is 17.9. The fraction of sp³-hybridized carbons (Fsp3) is 0.154. The summed E-state index contributed by atoms with van der Waals surface area (Å²) < 4.78 is 6.22. The van der Waals surface area contributed by atoms with Gasteiger partial charge in [-0.15, -0.1) is 0 Å². The molecule has 0 aliphatic carbocycles. The first-order valence-electron chi connectivity index (χ1n) is 10.4. The summed E-state index contributed by atoms with van der Waals surface area (Å²) in [7, 11) is 0. The molecule has 1 heterocycles. The molecule has 0 aromatic heterocycles. The van der Waals surface area contributed by atoms with Crippen LogP contribution < -0.4 is 20.1 Å². The van der Waals surface area contributed by atoms with Crippen molar-refractivity contribution in [3.8, 4) is 11.5 Å². The molecule has 0 radical (unpaired) electrons. The van der Waals surface area contributed by atoms with Gasteiger partial charge in [0.15, 0.2) is 0 Å². The molecule has 0 saturated heterocycles. The van der Waals surface area contributed by atoms with Crippen LogP contribution in [0.15, 0.2) is 54.6 Å². The van der Waals surface area contributed by atoms with E-state index in [1.807, 2.05) is 36.4 Å². The van der Waals surface area contributed by atoms with Crippen molar-refractivity contribution in [3.05, 3.63) is 87.3 Å². The molecule has 162 valence electrons. The van der Waals surface area contributed by atoms with E-state index in [4.69, 9.17) is 4.74 Å². The van der Waals surface area contributed by atoms with Gasteiger partial charge in [-0.05, 0) is 55.0 Å². The Morgan fingerprint density at radius 2 is 1.59 bits per heavy atom. The summed E-state index contributed by atoms with van der Waals surface area (Å²) in [5.41, 5.74) is 2.70. The molecule has 3 aromatic rings. The van der Waals surface area contributed by atoms with Crippen LogP contribution in [0.1, 0.15) is 45.7 Å². The Morgan fingerprint density at radius 3 is 2.25 bits per heavy atom. The van der Waals surface area contributed by atoms with Crippen molar-refractivity contribution in [2.75, 3.05) is 18.0 Å². The highest BCUT2D eigenvalue weighted by molar-refractivity contribution is 6.01. The number of benzene rings is 3. The minimum absolute atomic E-state index is 0.0785. The van der Waals surface area contributed by atoms with E-state index in [1.54, 1.807) is 6.07 Å². The van der Waals surface area contributed by atoms with E-state index >= 15 is 0 Å². The summed E-state index contributed by atoms with van der Waals surface area (Å²) in [5, 5.41) is 20.7. The van der Waals surface area contributed by atoms with E-state index in [-0.39, 0.29) is 11.1 Å². The minimum Gasteiger partial charge on any atom is -0.478 e. The van der Waals surface area contributed by atoms with Crippen molar-refractivity contribution < 1.29 is 24.5 Å². The van der Waals surface area contributed by atoms with Crippen molar-refractivity contribution in [1.82, 2.24) is 0 Å². The molecule has 1 aliphatic rings. The van der Waals surface area contributed by atoms with E-state index in [9.17, 15) is 19.8 Å². The number of aromatic carboxylic acids is 2. The van der Waals surface area contributed by atoms with Gasteiger partial charge >= 0.3 is 11.9 Å². The Balaban J connectivity index is 2.05. The number of hydrogen-bond donors (Lipinski definition) is 2. The van der Waals surface area contributed by atoms with E-state index in [2.05, 4.69) is 25.3 Å². The second-order valence-electron chi connectivity index (χ2n) is 7.53. The first-order chi connectivity index (χ1) is 15.3. The molecule has 0 atom stereocenters. The Kier molecular flexibility index (Phi) is 5.45. The topological polar surface area (TPSA) is 87.1 Å².